The van der Waals surface area contributed by atoms with Crippen LogP contribution in [0.5, 0.6) is 6.01 Å². The van der Waals surface area contributed by atoms with Crippen LogP contribution in [0.4, 0.5) is 11.9 Å². The summed E-state index contributed by atoms with van der Waals surface area (Å²) in [6, 6.07) is 0.388. The molecular formula is C14H24N6O. The highest BCUT2D eigenvalue weighted by molar-refractivity contribution is 5.38. The fourth-order valence-electron chi connectivity index (χ4n) is 3.11. The smallest absolute Gasteiger partial charge is 0.323 e. The summed E-state index contributed by atoms with van der Waals surface area (Å²) in [6.07, 6.45) is 7.31. The molecule has 21 heavy (non-hydrogen) atoms. The Morgan fingerprint density at radius 1 is 1.10 bits per heavy atom. The second-order valence-electron chi connectivity index (χ2n) is 6.00. The van der Waals surface area contributed by atoms with E-state index < -0.39 is 0 Å². The molecule has 1 aliphatic heterocycles. The molecule has 0 amide bonds. The predicted molar refractivity (Wildman–Crippen MR) is 81.1 cm³/mol. The van der Waals surface area contributed by atoms with Crippen molar-refractivity contribution in [3.63, 3.8) is 0 Å². The van der Waals surface area contributed by atoms with Gasteiger partial charge in [0.2, 0.25) is 11.9 Å². The SMILES string of the molecule is CC1CCCCC1Oc1nc(NN)nc(N2CCCC2)n1. The first-order valence-corrected chi connectivity index (χ1v) is 7.90. The number of nitrogens with one attached hydrogen (secondary N) is 1. The minimum atomic E-state index is 0.193. The zero-order valence-corrected chi connectivity index (χ0v) is 12.6. The molecule has 1 saturated carbocycles. The van der Waals surface area contributed by atoms with Crippen molar-refractivity contribution in [3.8, 4) is 6.01 Å². The largest absolute Gasteiger partial charge is 0.460 e. The quantitative estimate of drug-likeness (QED) is 0.645. The van der Waals surface area contributed by atoms with Crippen LogP contribution in [0.2, 0.25) is 0 Å². The van der Waals surface area contributed by atoms with Crippen LogP contribution in [0.15, 0.2) is 0 Å². The number of anilines is 2. The average molecular weight is 292 g/mol. The van der Waals surface area contributed by atoms with Gasteiger partial charge in [-0.15, -0.1) is 0 Å². The van der Waals surface area contributed by atoms with Gasteiger partial charge in [-0.1, -0.05) is 13.3 Å². The molecule has 0 bridgehead atoms. The van der Waals surface area contributed by atoms with E-state index in [1.54, 1.807) is 0 Å². The molecule has 1 aromatic rings. The summed E-state index contributed by atoms with van der Waals surface area (Å²) in [5, 5.41) is 0. The Morgan fingerprint density at radius 2 is 1.86 bits per heavy atom. The molecule has 2 aliphatic rings. The molecule has 3 N–H and O–H groups in total. The van der Waals surface area contributed by atoms with Gasteiger partial charge in [-0.2, -0.15) is 15.0 Å². The van der Waals surface area contributed by atoms with Gasteiger partial charge in [-0.05, 0) is 38.0 Å². The first kappa shape index (κ1) is 14.3. The van der Waals surface area contributed by atoms with Crippen molar-refractivity contribution in [2.24, 2.45) is 11.8 Å². The van der Waals surface area contributed by atoms with Crippen molar-refractivity contribution < 1.29 is 4.74 Å². The van der Waals surface area contributed by atoms with Crippen molar-refractivity contribution in [2.45, 2.75) is 51.6 Å². The summed E-state index contributed by atoms with van der Waals surface area (Å²) in [5.74, 6) is 7.04. The lowest BCUT2D eigenvalue weighted by molar-refractivity contribution is 0.0923. The van der Waals surface area contributed by atoms with E-state index in [4.69, 9.17) is 10.6 Å². The summed E-state index contributed by atoms with van der Waals surface area (Å²) in [5.41, 5.74) is 2.51. The van der Waals surface area contributed by atoms with Crippen molar-refractivity contribution in [2.75, 3.05) is 23.4 Å². The maximum atomic E-state index is 6.03. The maximum absolute atomic E-state index is 6.03. The zero-order valence-electron chi connectivity index (χ0n) is 12.6. The summed E-state index contributed by atoms with van der Waals surface area (Å²) >= 11 is 0. The molecule has 1 aliphatic carbocycles. The third-order valence-corrected chi connectivity index (χ3v) is 4.41. The first-order chi connectivity index (χ1) is 10.3. The molecule has 3 rings (SSSR count). The van der Waals surface area contributed by atoms with E-state index in [0.717, 1.165) is 19.5 Å². The van der Waals surface area contributed by atoms with Crippen molar-refractivity contribution in [3.05, 3.63) is 0 Å². The van der Waals surface area contributed by atoms with E-state index in [1.807, 2.05) is 0 Å². The number of hydrazine groups is 1. The predicted octanol–water partition coefficient (Wildman–Crippen LogP) is 1.71. The van der Waals surface area contributed by atoms with Crippen LogP contribution in [0.25, 0.3) is 0 Å². The number of nitrogen functional groups attached to an aromatic ring is 1. The van der Waals surface area contributed by atoms with Gasteiger partial charge in [0.1, 0.15) is 6.10 Å². The number of aromatic nitrogens is 3. The Bertz CT molecular complexity index is 477. The molecule has 0 radical (unpaired) electrons. The molecular weight excluding hydrogens is 268 g/mol. The zero-order chi connectivity index (χ0) is 14.7. The minimum Gasteiger partial charge on any atom is -0.460 e. The number of nitrogens with zero attached hydrogens (tertiary/aromatic N) is 4. The third-order valence-electron chi connectivity index (χ3n) is 4.41. The lowest BCUT2D eigenvalue weighted by atomic mass is 9.88. The first-order valence-electron chi connectivity index (χ1n) is 7.90. The van der Waals surface area contributed by atoms with Crippen LogP contribution in [0.3, 0.4) is 0 Å². The fraction of sp³-hybridized carbons (Fsp3) is 0.786. The summed E-state index contributed by atoms with van der Waals surface area (Å²) in [6.45, 7) is 4.19. The summed E-state index contributed by atoms with van der Waals surface area (Å²) < 4.78 is 6.03. The molecule has 116 valence electrons. The van der Waals surface area contributed by atoms with Crippen molar-refractivity contribution >= 4 is 11.9 Å². The Balaban J connectivity index is 1.78. The number of rotatable bonds is 4. The number of ether oxygens (including phenoxy) is 1. The highest BCUT2D eigenvalue weighted by Gasteiger charge is 2.25. The van der Waals surface area contributed by atoms with Gasteiger partial charge in [-0.25, -0.2) is 5.84 Å². The van der Waals surface area contributed by atoms with Crippen LogP contribution in [0.1, 0.15) is 45.4 Å². The summed E-state index contributed by atoms with van der Waals surface area (Å²) in [7, 11) is 0. The van der Waals surface area contributed by atoms with E-state index >= 15 is 0 Å². The van der Waals surface area contributed by atoms with Gasteiger partial charge in [0.05, 0.1) is 0 Å². The minimum absolute atomic E-state index is 0.193. The lowest BCUT2D eigenvalue weighted by Gasteiger charge is -2.28. The second-order valence-corrected chi connectivity index (χ2v) is 6.00. The molecule has 7 heteroatoms. The molecule has 2 unspecified atom stereocenters. The molecule has 1 aromatic heterocycles. The number of hydrogen-bond acceptors (Lipinski definition) is 7. The van der Waals surface area contributed by atoms with Gasteiger partial charge >= 0.3 is 6.01 Å². The van der Waals surface area contributed by atoms with Gasteiger partial charge in [0.25, 0.3) is 0 Å². The fourth-order valence-corrected chi connectivity index (χ4v) is 3.11. The van der Waals surface area contributed by atoms with Crippen molar-refractivity contribution in [1.82, 2.24) is 15.0 Å². The van der Waals surface area contributed by atoms with Crippen molar-refractivity contribution in [1.29, 1.82) is 0 Å². The standard InChI is InChI=1S/C14H24N6O/c1-10-6-2-3-7-11(10)21-14-17-12(19-15)16-13(18-14)20-8-4-5-9-20/h10-11H,2-9,15H2,1H3,(H,16,17,18,19). The van der Waals surface area contributed by atoms with E-state index in [1.165, 1.54) is 32.1 Å². The highest BCUT2D eigenvalue weighted by atomic mass is 16.5. The number of hydrogen-bond donors (Lipinski definition) is 2. The highest BCUT2D eigenvalue weighted by Crippen LogP contribution is 2.28. The van der Waals surface area contributed by atoms with Gasteiger partial charge < -0.3 is 9.64 Å². The molecule has 1 saturated heterocycles. The van der Waals surface area contributed by atoms with E-state index in [9.17, 15) is 0 Å². The van der Waals surface area contributed by atoms with E-state index in [2.05, 4.69) is 32.2 Å². The molecule has 7 nitrogen and oxygen atoms in total. The van der Waals surface area contributed by atoms with Crippen LogP contribution in [0, 0.1) is 5.92 Å². The van der Waals surface area contributed by atoms with Gasteiger partial charge in [0.15, 0.2) is 0 Å². The number of nitrogens with two attached hydrogens (primary N) is 1. The topological polar surface area (TPSA) is 89.2 Å². The van der Waals surface area contributed by atoms with Crippen LogP contribution < -0.4 is 20.9 Å². The third kappa shape index (κ3) is 3.34. The van der Waals surface area contributed by atoms with Gasteiger partial charge in [0, 0.05) is 13.1 Å². The van der Waals surface area contributed by atoms with Crippen LogP contribution in [-0.2, 0) is 0 Å². The second kappa shape index (κ2) is 6.43. The van der Waals surface area contributed by atoms with E-state index in [0.29, 0.717) is 23.8 Å². The Morgan fingerprint density at radius 3 is 2.57 bits per heavy atom. The molecule has 2 heterocycles. The Hall–Kier alpha value is -1.63. The Labute approximate surface area is 125 Å². The summed E-state index contributed by atoms with van der Waals surface area (Å²) in [4.78, 5) is 15.2. The van der Waals surface area contributed by atoms with Gasteiger partial charge in [-0.3, -0.25) is 5.43 Å². The normalized spacial score (nSPS) is 25.9. The monoisotopic (exact) mass is 292 g/mol. The molecule has 0 aromatic carbocycles. The Kier molecular flexibility index (Phi) is 4.38. The molecule has 2 atom stereocenters. The molecule has 0 spiro atoms. The maximum Gasteiger partial charge on any atom is 0.323 e. The van der Waals surface area contributed by atoms with E-state index in [-0.39, 0.29) is 6.10 Å². The van der Waals surface area contributed by atoms with Crippen LogP contribution in [-0.4, -0.2) is 34.1 Å². The molecule has 2 fully saturated rings. The van der Waals surface area contributed by atoms with Crippen LogP contribution >= 0.6 is 0 Å². The lowest BCUT2D eigenvalue weighted by Crippen LogP contribution is -2.30. The average Bonchev–Trinajstić information content (AvgIpc) is 3.04.